The molecule has 0 atom stereocenters. The highest BCUT2D eigenvalue weighted by atomic mass is 19.1. The SMILES string of the molecule is CC(C)COc1cc(F)ccc1O. The van der Waals surface area contributed by atoms with E-state index in [1.165, 1.54) is 18.2 Å². The van der Waals surface area contributed by atoms with Crippen molar-refractivity contribution in [3.63, 3.8) is 0 Å². The molecule has 13 heavy (non-hydrogen) atoms. The number of benzene rings is 1. The summed E-state index contributed by atoms with van der Waals surface area (Å²) >= 11 is 0. The molecule has 0 saturated carbocycles. The molecule has 0 radical (unpaired) electrons. The molecule has 0 fully saturated rings. The van der Waals surface area contributed by atoms with Gasteiger partial charge in [-0.3, -0.25) is 0 Å². The van der Waals surface area contributed by atoms with Crippen molar-refractivity contribution in [2.45, 2.75) is 13.8 Å². The van der Waals surface area contributed by atoms with E-state index in [9.17, 15) is 9.50 Å². The lowest BCUT2D eigenvalue weighted by Crippen LogP contribution is -2.04. The molecule has 0 saturated heterocycles. The summed E-state index contributed by atoms with van der Waals surface area (Å²) in [6, 6.07) is 3.65. The van der Waals surface area contributed by atoms with Crippen molar-refractivity contribution in [2.75, 3.05) is 6.61 Å². The zero-order valence-corrected chi connectivity index (χ0v) is 7.75. The topological polar surface area (TPSA) is 29.5 Å². The van der Waals surface area contributed by atoms with Gasteiger partial charge in [0.05, 0.1) is 6.61 Å². The summed E-state index contributed by atoms with van der Waals surface area (Å²) < 4.78 is 17.9. The second-order valence-electron chi connectivity index (χ2n) is 3.32. The fraction of sp³-hybridized carbons (Fsp3) is 0.400. The molecule has 2 nitrogen and oxygen atoms in total. The lowest BCUT2D eigenvalue weighted by atomic mass is 10.2. The Morgan fingerprint density at radius 1 is 1.46 bits per heavy atom. The fourth-order valence-corrected chi connectivity index (χ4v) is 0.860. The van der Waals surface area contributed by atoms with Crippen molar-refractivity contribution in [3.8, 4) is 11.5 Å². The second-order valence-corrected chi connectivity index (χ2v) is 3.32. The van der Waals surface area contributed by atoms with Crippen LogP contribution in [0.5, 0.6) is 11.5 Å². The first kappa shape index (κ1) is 9.84. The van der Waals surface area contributed by atoms with Crippen molar-refractivity contribution in [2.24, 2.45) is 5.92 Å². The maximum atomic E-state index is 12.7. The Bertz CT molecular complexity index is 284. The number of aromatic hydroxyl groups is 1. The van der Waals surface area contributed by atoms with Gasteiger partial charge < -0.3 is 9.84 Å². The molecule has 0 aliphatic carbocycles. The van der Waals surface area contributed by atoms with Crippen LogP contribution in [-0.2, 0) is 0 Å². The molecule has 72 valence electrons. The molecule has 0 spiro atoms. The molecule has 1 aromatic rings. The van der Waals surface area contributed by atoms with Gasteiger partial charge in [0.15, 0.2) is 11.5 Å². The van der Waals surface area contributed by atoms with Crippen molar-refractivity contribution in [3.05, 3.63) is 24.0 Å². The van der Waals surface area contributed by atoms with Gasteiger partial charge in [0, 0.05) is 6.07 Å². The third-order valence-electron chi connectivity index (χ3n) is 1.49. The highest BCUT2D eigenvalue weighted by Gasteiger charge is 2.04. The van der Waals surface area contributed by atoms with E-state index in [0.29, 0.717) is 12.5 Å². The first-order valence-electron chi connectivity index (χ1n) is 4.21. The summed E-state index contributed by atoms with van der Waals surface area (Å²) in [5.74, 6) is 0.120. The van der Waals surface area contributed by atoms with Crippen molar-refractivity contribution < 1.29 is 14.2 Å². The average Bonchev–Trinajstić information content (AvgIpc) is 2.06. The number of rotatable bonds is 3. The van der Waals surface area contributed by atoms with Crippen LogP contribution in [-0.4, -0.2) is 11.7 Å². The van der Waals surface area contributed by atoms with E-state index in [4.69, 9.17) is 4.74 Å². The largest absolute Gasteiger partial charge is 0.504 e. The van der Waals surface area contributed by atoms with Crippen LogP contribution in [0.2, 0.25) is 0 Å². The molecular formula is C10H13FO2. The summed E-state index contributed by atoms with van der Waals surface area (Å²) in [7, 11) is 0. The van der Waals surface area contributed by atoms with Gasteiger partial charge in [-0.25, -0.2) is 4.39 Å². The highest BCUT2D eigenvalue weighted by Crippen LogP contribution is 2.26. The Balaban J connectivity index is 2.70. The van der Waals surface area contributed by atoms with Gasteiger partial charge in [-0.2, -0.15) is 0 Å². The number of ether oxygens (including phenoxy) is 1. The van der Waals surface area contributed by atoms with E-state index < -0.39 is 5.82 Å². The summed E-state index contributed by atoms with van der Waals surface area (Å²) in [5, 5.41) is 9.26. The first-order chi connectivity index (χ1) is 6.09. The van der Waals surface area contributed by atoms with E-state index in [2.05, 4.69) is 0 Å². The maximum absolute atomic E-state index is 12.7. The number of phenols is 1. The van der Waals surface area contributed by atoms with Crippen LogP contribution < -0.4 is 4.74 Å². The Kier molecular flexibility index (Phi) is 3.12. The molecule has 1 N–H and O–H groups in total. The third-order valence-corrected chi connectivity index (χ3v) is 1.49. The lowest BCUT2D eigenvalue weighted by molar-refractivity contribution is 0.258. The molecule has 3 heteroatoms. The van der Waals surface area contributed by atoms with Gasteiger partial charge in [-0.1, -0.05) is 13.8 Å². The standard InChI is InChI=1S/C10H13FO2/c1-7(2)6-13-10-5-8(11)3-4-9(10)12/h3-5,7,12H,6H2,1-2H3. The van der Waals surface area contributed by atoms with Crippen LogP contribution in [0.15, 0.2) is 18.2 Å². The zero-order chi connectivity index (χ0) is 9.84. The number of hydrogen-bond donors (Lipinski definition) is 1. The number of hydrogen-bond acceptors (Lipinski definition) is 2. The Morgan fingerprint density at radius 2 is 2.15 bits per heavy atom. The summed E-state index contributed by atoms with van der Waals surface area (Å²) in [6.07, 6.45) is 0. The van der Waals surface area contributed by atoms with Crippen LogP contribution in [0.1, 0.15) is 13.8 Å². The van der Waals surface area contributed by atoms with Gasteiger partial charge in [-0.15, -0.1) is 0 Å². The Hall–Kier alpha value is -1.25. The summed E-state index contributed by atoms with van der Waals surface area (Å²) in [5.41, 5.74) is 0. The van der Waals surface area contributed by atoms with Crippen LogP contribution in [0.3, 0.4) is 0 Å². The van der Waals surface area contributed by atoms with Crippen LogP contribution >= 0.6 is 0 Å². The summed E-state index contributed by atoms with van der Waals surface area (Å²) in [6.45, 7) is 4.43. The Morgan fingerprint density at radius 3 is 2.77 bits per heavy atom. The van der Waals surface area contributed by atoms with E-state index in [1.54, 1.807) is 0 Å². The molecule has 0 aliphatic rings. The summed E-state index contributed by atoms with van der Waals surface area (Å²) in [4.78, 5) is 0. The number of halogens is 1. The Labute approximate surface area is 77.0 Å². The number of phenolic OH excluding ortho intramolecular Hbond substituents is 1. The van der Waals surface area contributed by atoms with Gasteiger partial charge in [-0.05, 0) is 18.1 Å². The highest BCUT2D eigenvalue weighted by molar-refractivity contribution is 5.38. The van der Waals surface area contributed by atoms with Gasteiger partial charge in [0.2, 0.25) is 0 Å². The minimum Gasteiger partial charge on any atom is -0.504 e. The lowest BCUT2D eigenvalue weighted by Gasteiger charge is -2.09. The van der Waals surface area contributed by atoms with Crippen LogP contribution in [0.4, 0.5) is 4.39 Å². The molecule has 1 aromatic carbocycles. The van der Waals surface area contributed by atoms with Gasteiger partial charge in [0.25, 0.3) is 0 Å². The second kappa shape index (κ2) is 4.12. The minimum atomic E-state index is -0.406. The molecule has 0 heterocycles. The van der Waals surface area contributed by atoms with Crippen molar-refractivity contribution >= 4 is 0 Å². The van der Waals surface area contributed by atoms with Crippen molar-refractivity contribution in [1.29, 1.82) is 0 Å². The predicted octanol–water partition coefficient (Wildman–Crippen LogP) is 2.57. The average molecular weight is 184 g/mol. The van der Waals surface area contributed by atoms with Gasteiger partial charge >= 0.3 is 0 Å². The molecular weight excluding hydrogens is 171 g/mol. The smallest absolute Gasteiger partial charge is 0.163 e. The van der Waals surface area contributed by atoms with E-state index in [0.717, 1.165) is 0 Å². The van der Waals surface area contributed by atoms with E-state index in [-0.39, 0.29) is 11.5 Å². The molecule has 1 rings (SSSR count). The maximum Gasteiger partial charge on any atom is 0.163 e. The third kappa shape index (κ3) is 2.93. The molecule has 0 amide bonds. The predicted molar refractivity (Wildman–Crippen MR) is 48.4 cm³/mol. The monoisotopic (exact) mass is 184 g/mol. The fourth-order valence-electron chi connectivity index (χ4n) is 0.860. The minimum absolute atomic E-state index is 0.0259. The van der Waals surface area contributed by atoms with Crippen LogP contribution in [0, 0.1) is 11.7 Å². The molecule has 0 unspecified atom stereocenters. The molecule has 0 aromatic heterocycles. The van der Waals surface area contributed by atoms with Crippen LogP contribution in [0.25, 0.3) is 0 Å². The zero-order valence-electron chi connectivity index (χ0n) is 7.75. The quantitative estimate of drug-likeness (QED) is 0.782. The normalized spacial score (nSPS) is 10.5. The first-order valence-corrected chi connectivity index (χ1v) is 4.21. The van der Waals surface area contributed by atoms with E-state index in [1.807, 2.05) is 13.8 Å². The molecule has 0 aliphatic heterocycles. The van der Waals surface area contributed by atoms with Gasteiger partial charge in [0.1, 0.15) is 5.82 Å². The molecule has 0 bridgehead atoms. The van der Waals surface area contributed by atoms with Crippen molar-refractivity contribution in [1.82, 2.24) is 0 Å². The van der Waals surface area contributed by atoms with E-state index >= 15 is 0 Å².